The SMILES string of the molecule is COC(=O)c1cccc(CS(=O)(=O)NC(CN)CC(C)C)c1. The van der Waals surface area contributed by atoms with E-state index in [0.29, 0.717) is 23.5 Å². The van der Waals surface area contributed by atoms with Gasteiger partial charge in [-0.15, -0.1) is 0 Å². The first-order valence-electron chi connectivity index (χ1n) is 7.14. The van der Waals surface area contributed by atoms with Crippen LogP contribution in [0.4, 0.5) is 0 Å². The molecule has 0 saturated carbocycles. The fourth-order valence-electron chi connectivity index (χ4n) is 2.18. The third-order valence-corrected chi connectivity index (χ3v) is 4.50. The molecule has 0 aliphatic carbocycles. The van der Waals surface area contributed by atoms with Crippen molar-refractivity contribution >= 4 is 16.0 Å². The number of carbonyl (C=O) groups excluding carboxylic acids is 1. The van der Waals surface area contributed by atoms with Crippen LogP contribution in [0.1, 0.15) is 36.2 Å². The summed E-state index contributed by atoms with van der Waals surface area (Å²) >= 11 is 0. The molecule has 1 atom stereocenters. The monoisotopic (exact) mass is 328 g/mol. The third-order valence-electron chi connectivity index (χ3n) is 3.09. The quantitative estimate of drug-likeness (QED) is 0.700. The molecule has 0 aliphatic rings. The predicted molar refractivity (Wildman–Crippen MR) is 85.8 cm³/mol. The van der Waals surface area contributed by atoms with Crippen LogP contribution in [0.25, 0.3) is 0 Å². The molecule has 7 heteroatoms. The Morgan fingerprint density at radius 1 is 1.36 bits per heavy atom. The van der Waals surface area contributed by atoms with Crippen molar-refractivity contribution in [2.45, 2.75) is 32.1 Å². The van der Waals surface area contributed by atoms with E-state index >= 15 is 0 Å². The van der Waals surface area contributed by atoms with E-state index in [-0.39, 0.29) is 18.3 Å². The minimum atomic E-state index is -3.52. The molecule has 124 valence electrons. The summed E-state index contributed by atoms with van der Waals surface area (Å²) in [5.74, 6) is -0.349. The Morgan fingerprint density at radius 2 is 2.05 bits per heavy atom. The highest BCUT2D eigenvalue weighted by Crippen LogP contribution is 2.11. The number of sulfonamides is 1. The number of carbonyl (C=O) groups is 1. The molecule has 1 rings (SSSR count). The van der Waals surface area contributed by atoms with Crippen LogP contribution >= 0.6 is 0 Å². The smallest absolute Gasteiger partial charge is 0.337 e. The number of hydrogen-bond acceptors (Lipinski definition) is 5. The average molecular weight is 328 g/mol. The molecular formula is C15H24N2O4S. The lowest BCUT2D eigenvalue weighted by molar-refractivity contribution is 0.0600. The van der Waals surface area contributed by atoms with Gasteiger partial charge in [0, 0.05) is 12.6 Å². The van der Waals surface area contributed by atoms with Crippen LogP contribution in [0, 0.1) is 5.92 Å². The summed E-state index contributed by atoms with van der Waals surface area (Å²) < 4.78 is 31.7. The van der Waals surface area contributed by atoms with E-state index in [9.17, 15) is 13.2 Å². The molecule has 0 radical (unpaired) electrons. The van der Waals surface area contributed by atoms with Crippen molar-refractivity contribution in [3.05, 3.63) is 35.4 Å². The molecule has 6 nitrogen and oxygen atoms in total. The normalized spacial score (nSPS) is 13.1. The van der Waals surface area contributed by atoms with E-state index in [1.807, 2.05) is 13.8 Å². The first-order chi connectivity index (χ1) is 10.3. The van der Waals surface area contributed by atoms with Gasteiger partial charge in [0.15, 0.2) is 0 Å². The van der Waals surface area contributed by atoms with Crippen LogP contribution in [0.15, 0.2) is 24.3 Å². The van der Waals surface area contributed by atoms with Gasteiger partial charge in [-0.2, -0.15) is 0 Å². The summed E-state index contributed by atoms with van der Waals surface area (Å²) in [7, 11) is -2.24. The minimum Gasteiger partial charge on any atom is -0.465 e. The van der Waals surface area contributed by atoms with Gasteiger partial charge < -0.3 is 10.5 Å². The summed E-state index contributed by atoms with van der Waals surface area (Å²) in [5, 5.41) is 0. The van der Waals surface area contributed by atoms with E-state index in [1.165, 1.54) is 13.2 Å². The summed E-state index contributed by atoms with van der Waals surface area (Å²) in [6.07, 6.45) is 0.679. The fourth-order valence-corrected chi connectivity index (χ4v) is 3.58. The Bertz CT molecular complexity index is 599. The van der Waals surface area contributed by atoms with Gasteiger partial charge in [0.1, 0.15) is 0 Å². The van der Waals surface area contributed by atoms with Gasteiger partial charge in [0.05, 0.1) is 18.4 Å². The second-order valence-electron chi connectivity index (χ2n) is 5.63. The first kappa shape index (κ1) is 18.6. The zero-order valence-electron chi connectivity index (χ0n) is 13.2. The van der Waals surface area contributed by atoms with Crippen LogP contribution in [0.5, 0.6) is 0 Å². The van der Waals surface area contributed by atoms with Crippen molar-refractivity contribution in [2.24, 2.45) is 11.7 Å². The van der Waals surface area contributed by atoms with Crippen LogP contribution < -0.4 is 10.5 Å². The molecule has 0 spiro atoms. The molecule has 1 aromatic rings. The lowest BCUT2D eigenvalue weighted by atomic mass is 10.1. The molecule has 0 amide bonds. The molecule has 0 saturated heterocycles. The van der Waals surface area contributed by atoms with Gasteiger partial charge in [-0.1, -0.05) is 26.0 Å². The zero-order valence-corrected chi connectivity index (χ0v) is 14.0. The molecular weight excluding hydrogens is 304 g/mol. The lowest BCUT2D eigenvalue weighted by Gasteiger charge is -2.18. The van der Waals surface area contributed by atoms with Crippen molar-refractivity contribution < 1.29 is 17.9 Å². The third kappa shape index (κ3) is 6.13. The topological polar surface area (TPSA) is 98.5 Å². The van der Waals surface area contributed by atoms with E-state index in [0.717, 1.165) is 0 Å². The number of nitrogens with one attached hydrogen (secondary N) is 1. The summed E-state index contributed by atoms with van der Waals surface area (Å²) in [6.45, 7) is 4.27. The Balaban J connectivity index is 2.81. The molecule has 0 fully saturated rings. The number of nitrogens with two attached hydrogens (primary N) is 1. The highest BCUT2D eigenvalue weighted by atomic mass is 32.2. The van der Waals surface area contributed by atoms with Crippen LogP contribution in [0.3, 0.4) is 0 Å². The first-order valence-corrected chi connectivity index (χ1v) is 8.80. The van der Waals surface area contributed by atoms with Gasteiger partial charge >= 0.3 is 5.97 Å². The van der Waals surface area contributed by atoms with Crippen molar-refractivity contribution in [3.8, 4) is 0 Å². The Kier molecular flexibility index (Phi) is 6.99. The van der Waals surface area contributed by atoms with Gasteiger partial charge in [-0.3, -0.25) is 0 Å². The fraction of sp³-hybridized carbons (Fsp3) is 0.533. The number of methoxy groups -OCH3 is 1. The summed E-state index contributed by atoms with van der Waals surface area (Å²) in [4.78, 5) is 11.5. The van der Waals surface area contributed by atoms with E-state index < -0.39 is 16.0 Å². The minimum absolute atomic E-state index is 0.202. The number of hydrogen-bond donors (Lipinski definition) is 2. The molecule has 3 N–H and O–H groups in total. The number of esters is 1. The Morgan fingerprint density at radius 3 is 2.59 bits per heavy atom. The maximum Gasteiger partial charge on any atom is 0.337 e. The molecule has 1 unspecified atom stereocenters. The standard InChI is InChI=1S/C15H24N2O4S/c1-11(2)7-14(9-16)17-22(19,20)10-12-5-4-6-13(8-12)15(18)21-3/h4-6,8,11,14,17H,7,9-10,16H2,1-3H3. The maximum atomic E-state index is 12.2. The molecule has 0 bridgehead atoms. The van der Waals surface area contributed by atoms with Crippen LogP contribution in [0.2, 0.25) is 0 Å². The predicted octanol–water partition coefficient (Wildman–Crippen LogP) is 1.27. The van der Waals surface area contributed by atoms with Gasteiger partial charge in [-0.05, 0) is 30.0 Å². The second kappa shape index (κ2) is 8.26. The Labute approximate surface area is 132 Å². The maximum absolute atomic E-state index is 12.2. The van der Waals surface area contributed by atoms with Gasteiger partial charge in [0.2, 0.25) is 10.0 Å². The van der Waals surface area contributed by atoms with Crippen molar-refractivity contribution in [1.82, 2.24) is 4.72 Å². The van der Waals surface area contributed by atoms with E-state index in [2.05, 4.69) is 9.46 Å². The summed E-state index contributed by atoms with van der Waals surface area (Å²) in [5.41, 5.74) is 6.47. The van der Waals surface area contributed by atoms with E-state index in [1.54, 1.807) is 18.2 Å². The highest BCUT2D eigenvalue weighted by Gasteiger charge is 2.19. The zero-order chi connectivity index (χ0) is 16.8. The lowest BCUT2D eigenvalue weighted by Crippen LogP contribution is -2.41. The Hall–Kier alpha value is -1.44. The van der Waals surface area contributed by atoms with Crippen molar-refractivity contribution in [3.63, 3.8) is 0 Å². The van der Waals surface area contributed by atoms with Crippen molar-refractivity contribution in [2.75, 3.05) is 13.7 Å². The largest absolute Gasteiger partial charge is 0.465 e. The highest BCUT2D eigenvalue weighted by molar-refractivity contribution is 7.88. The van der Waals surface area contributed by atoms with Crippen molar-refractivity contribution in [1.29, 1.82) is 0 Å². The van der Waals surface area contributed by atoms with Crippen LogP contribution in [-0.2, 0) is 20.5 Å². The van der Waals surface area contributed by atoms with Crippen LogP contribution in [-0.4, -0.2) is 34.1 Å². The molecule has 0 aromatic heterocycles. The average Bonchev–Trinajstić information content (AvgIpc) is 2.44. The molecule has 0 aliphatic heterocycles. The molecule has 1 aromatic carbocycles. The van der Waals surface area contributed by atoms with Gasteiger partial charge in [-0.25, -0.2) is 17.9 Å². The second-order valence-corrected chi connectivity index (χ2v) is 7.38. The molecule has 22 heavy (non-hydrogen) atoms. The van der Waals surface area contributed by atoms with Gasteiger partial charge in [0.25, 0.3) is 0 Å². The number of rotatable bonds is 8. The molecule has 0 heterocycles. The number of benzene rings is 1. The number of ether oxygens (including phenoxy) is 1. The summed E-state index contributed by atoms with van der Waals surface area (Å²) in [6, 6.07) is 6.10. The van der Waals surface area contributed by atoms with E-state index in [4.69, 9.17) is 5.73 Å².